The second-order valence-corrected chi connectivity index (χ2v) is 7.09. The fourth-order valence-electron chi connectivity index (χ4n) is 3.85. The van der Waals surface area contributed by atoms with Crippen LogP contribution in [0.5, 0.6) is 0 Å². The van der Waals surface area contributed by atoms with Gasteiger partial charge in [0.15, 0.2) is 0 Å². The molecule has 0 radical (unpaired) electrons. The van der Waals surface area contributed by atoms with Crippen molar-refractivity contribution in [3.8, 4) is 0 Å². The van der Waals surface area contributed by atoms with Crippen LogP contribution in [-0.4, -0.2) is 0 Å². The monoisotopic (exact) mass is 315 g/mol. The van der Waals surface area contributed by atoms with Crippen LogP contribution in [0.3, 0.4) is 0 Å². The third-order valence-corrected chi connectivity index (χ3v) is 5.14. The van der Waals surface area contributed by atoms with Crippen molar-refractivity contribution < 1.29 is 0 Å². The number of hydrogen-bond acceptors (Lipinski definition) is 1. The average Bonchev–Trinajstić information content (AvgIpc) is 2.95. The molecule has 0 atom stereocenters. The molecule has 3 aliphatic rings. The lowest BCUT2D eigenvalue weighted by atomic mass is 9.93. The van der Waals surface area contributed by atoms with Gasteiger partial charge in [0.2, 0.25) is 0 Å². The first-order chi connectivity index (χ1) is 11.7. The highest BCUT2D eigenvalue weighted by Crippen LogP contribution is 2.43. The van der Waals surface area contributed by atoms with Crippen LogP contribution in [0.25, 0.3) is 5.57 Å². The molecule has 0 amide bonds. The summed E-state index contributed by atoms with van der Waals surface area (Å²) in [6.45, 7) is 4.53. The van der Waals surface area contributed by atoms with Crippen LogP contribution in [0.15, 0.2) is 77.7 Å². The van der Waals surface area contributed by atoms with Crippen LogP contribution < -0.4 is 4.90 Å². The maximum absolute atomic E-state index is 2.48. The first-order valence-corrected chi connectivity index (χ1v) is 9.10. The molecule has 1 heteroatoms. The van der Waals surface area contributed by atoms with Crippen molar-refractivity contribution in [2.24, 2.45) is 5.92 Å². The minimum absolute atomic E-state index is 0.578. The smallest absolute Gasteiger partial charge is 0.0533 e. The van der Waals surface area contributed by atoms with E-state index in [2.05, 4.69) is 79.5 Å². The van der Waals surface area contributed by atoms with Crippen LogP contribution in [-0.2, 0) is 0 Å². The summed E-state index contributed by atoms with van der Waals surface area (Å²) in [6.07, 6.45) is 18.5. The topological polar surface area (TPSA) is 3.24 Å². The van der Waals surface area contributed by atoms with Gasteiger partial charge in [-0.1, -0.05) is 62.4 Å². The fourth-order valence-corrected chi connectivity index (χ4v) is 3.85. The maximum atomic E-state index is 2.48. The largest absolute Gasteiger partial charge is 0.314 e. The van der Waals surface area contributed by atoms with Crippen molar-refractivity contribution >= 4 is 11.3 Å². The molecule has 0 aromatic heterocycles. The van der Waals surface area contributed by atoms with Gasteiger partial charge in [0, 0.05) is 23.4 Å². The Morgan fingerprint density at radius 1 is 0.917 bits per heavy atom. The third-order valence-electron chi connectivity index (χ3n) is 5.14. The molecule has 1 aromatic rings. The van der Waals surface area contributed by atoms with Crippen LogP contribution in [0.4, 0.5) is 5.69 Å². The summed E-state index contributed by atoms with van der Waals surface area (Å²) in [5.74, 6) is 0.578. The van der Waals surface area contributed by atoms with Crippen molar-refractivity contribution in [3.05, 3.63) is 83.3 Å². The summed E-state index contributed by atoms with van der Waals surface area (Å²) in [7, 11) is 0. The molecule has 0 saturated carbocycles. The summed E-state index contributed by atoms with van der Waals surface area (Å²) in [6, 6.07) is 8.85. The Kier molecular flexibility index (Phi) is 4.02. The van der Waals surface area contributed by atoms with Gasteiger partial charge in [0.25, 0.3) is 0 Å². The van der Waals surface area contributed by atoms with Crippen LogP contribution in [0.1, 0.15) is 45.1 Å². The quantitative estimate of drug-likeness (QED) is 0.611. The molecular formula is C23H25N. The van der Waals surface area contributed by atoms with E-state index in [1.165, 1.54) is 33.8 Å². The van der Waals surface area contributed by atoms with E-state index in [0.29, 0.717) is 5.92 Å². The molecule has 2 aliphatic carbocycles. The Morgan fingerprint density at radius 3 is 2.62 bits per heavy atom. The second kappa shape index (κ2) is 6.32. The average molecular weight is 315 g/mol. The maximum Gasteiger partial charge on any atom is 0.0533 e. The number of nitrogens with zero attached hydrogens (tertiary/aromatic N) is 1. The van der Waals surface area contributed by atoms with Crippen LogP contribution in [0, 0.1) is 5.92 Å². The van der Waals surface area contributed by atoms with Crippen LogP contribution >= 0.6 is 0 Å². The lowest BCUT2D eigenvalue weighted by Crippen LogP contribution is -2.25. The molecule has 122 valence electrons. The molecule has 0 spiro atoms. The lowest BCUT2D eigenvalue weighted by Gasteiger charge is -2.35. The molecule has 2 bridgehead atoms. The number of allylic oxidation sites excluding steroid dienone is 8. The van der Waals surface area contributed by atoms with Gasteiger partial charge in [-0.2, -0.15) is 0 Å². The number of benzene rings is 1. The lowest BCUT2D eigenvalue weighted by molar-refractivity contribution is 0.788. The Bertz CT molecular complexity index is 799. The molecule has 1 aliphatic heterocycles. The Labute approximate surface area is 145 Å². The highest BCUT2D eigenvalue weighted by molar-refractivity contribution is 5.85. The third kappa shape index (κ3) is 2.69. The first-order valence-electron chi connectivity index (χ1n) is 9.10. The molecule has 1 aromatic carbocycles. The molecule has 0 N–H and O–H groups in total. The van der Waals surface area contributed by atoms with E-state index in [0.717, 1.165) is 25.7 Å². The van der Waals surface area contributed by atoms with E-state index in [4.69, 9.17) is 0 Å². The molecule has 1 nitrogen and oxygen atoms in total. The molecule has 0 saturated heterocycles. The molecular weight excluding hydrogens is 290 g/mol. The minimum Gasteiger partial charge on any atom is -0.314 e. The molecule has 0 fully saturated rings. The predicted molar refractivity (Wildman–Crippen MR) is 104 cm³/mol. The Balaban J connectivity index is 1.79. The van der Waals surface area contributed by atoms with Gasteiger partial charge in [-0.15, -0.1) is 0 Å². The van der Waals surface area contributed by atoms with E-state index in [1.807, 2.05) is 0 Å². The van der Waals surface area contributed by atoms with Gasteiger partial charge >= 0.3 is 0 Å². The Hall–Kier alpha value is -2.28. The number of rotatable bonds is 2. The van der Waals surface area contributed by atoms with Crippen molar-refractivity contribution in [2.45, 2.75) is 39.5 Å². The summed E-state index contributed by atoms with van der Waals surface area (Å²) >= 11 is 0. The first kappa shape index (κ1) is 15.3. The molecule has 24 heavy (non-hydrogen) atoms. The van der Waals surface area contributed by atoms with Gasteiger partial charge in [0.1, 0.15) is 0 Å². The summed E-state index contributed by atoms with van der Waals surface area (Å²) in [5, 5.41) is 0. The van der Waals surface area contributed by atoms with Gasteiger partial charge in [0.05, 0.1) is 5.69 Å². The van der Waals surface area contributed by atoms with E-state index in [9.17, 15) is 0 Å². The van der Waals surface area contributed by atoms with Crippen molar-refractivity contribution in [1.82, 2.24) is 0 Å². The van der Waals surface area contributed by atoms with E-state index < -0.39 is 0 Å². The van der Waals surface area contributed by atoms with E-state index in [1.54, 1.807) is 0 Å². The number of para-hydroxylation sites is 1. The predicted octanol–water partition coefficient (Wildman–Crippen LogP) is 6.38. The highest BCUT2D eigenvalue weighted by Gasteiger charge is 2.27. The second-order valence-electron chi connectivity index (χ2n) is 7.09. The van der Waals surface area contributed by atoms with Crippen LogP contribution in [0.2, 0.25) is 0 Å². The zero-order chi connectivity index (χ0) is 16.5. The zero-order valence-corrected chi connectivity index (χ0v) is 14.6. The highest BCUT2D eigenvalue weighted by atomic mass is 15.2. The van der Waals surface area contributed by atoms with Gasteiger partial charge in [-0.05, 0) is 48.5 Å². The van der Waals surface area contributed by atoms with Crippen molar-refractivity contribution in [3.63, 3.8) is 0 Å². The number of hydrogen-bond donors (Lipinski definition) is 0. The number of anilines is 1. The van der Waals surface area contributed by atoms with Crippen molar-refractivity contribution in [1.29, 1.82) is 0 Å². The zero-order valence-electron chi connectivity index (χ0n) is 14.6. The normalized spacial score (nSPS) is 19.7. The van der Waals surface area contributed by atoms with Gasteiger partial charge in [-0.25, -0.2) is 0 Å². The summed E-state index contributed by atoms with van der Waals surface area (Å²) < 4.78 is 0. The van der Waals surface area contributed by atoms with E-state index in [-0.39, 0.29) is 0 Å². The Morgan fingerprint density at radius 2 is 1.75 bits per heavy atom. The molecule has 0 unspecified atom stereocenters. The molecule has 4 rings (SSSR count). The van der Waals surface area contributed by atoms with E-state index >= 15 is 0 Å². The SMILES string of the molecule is CC(C)C1=CCC=C(N2C3=CCCC=C(C3)c3ccccc32)C=C1. The summed E-state index contributed by atoms with van der Waals surface area (Å²) in [4.78, 5) is 2.48. The van der Waals surface area contributed by atoms with Gasteiger partial charge < -0.3 is 4.90 Å². The van der Waals surface area contributed by atoms with Gasteiger partial charge in [-0.3, -0.25) is 0 Å². The summed E-state index contributed by atoms with van der Waals surface area (Å²) in [5.41, 5.74) is 8.38. The minimum atomic E-state index is 0.578. The van der Waals surface area contributed by atoms with Crippen molar-refractivity contribution in [2.75, 3.05) is 4.90 Å². The molecule has 1 heterocycles. The fraction of sp³-hybridized carbons (Fsp3) is 0.304. The number of fused-ring (bicyclic) bond motifs is 4. The standard InChI is InChI=1S/C23H25N/c1-17(2)18-9-7-11-20(15-14-18)24-21-10-4-3-8-19(16-21)22-12-5-6-13-23(22)24/h5-6,8-15,17H,3-4,7,16H2,1-2H3.